The maximum atomic E-state index is 4.35. The minimum Gasteiger partial charge on any atom is -0.311 e. The molecule has 2 saturated heterocycles. The molecule has 3 heterocycles. The van der Waals surface area contributed by atoms with Crippen molar-refractivity contribution in [2.75, 3.05) is 7.05 Å². The summed E-state index contributed by atoms with van der Waals surface area (Å²) < 4.78 is 2.10. The van der Waals surface area contributed by atoms with E-state index in [9.17, 15) is 0 Å². The fourth-order valence-electron chi connectivity index (χ4n) is 3.55. The van der Waals surface area contributed by atoms with Crippen LogP contribution < -0.4 is 5.32 Å². The van der Waals surface area contributed by atoms with Crippen LogP contribution in [0.25, 0.3) is 0 Å². The highest BCUT2D eigenvalue weighted by atomic mass is 15.3. The molecule has 1 N–H and O–H groups in total. The normalized spacial score (nSPS) is 31.2. The Balaban J connectivity index is 1.63. The molecule has 2 aliphatic rings. The largest absolute Gasteiger partial charge is 0.311 e. The third kappa shape index (κ3) is 2.31. The summed E-state index contributed by atoms with van der Waals surface area (Å²) in [7, 11) is 2.27. The molecule has 4 nitrogen and oxygen atoms in total. The minimum atomic E-state index is 0.740. The zero-order chi connectivity index (χ0) is 12.5. The first-order valence-corrected chi connectivity index (χ1v) is 7.23. The van der Waals surface area contributed by atoms with Gasteiger partial charge in [-0.15, -0.1) is 0 Å². The SMILES string of the molecule is CCn1nccc1CN(C)C1CC2CCC(C1)N2. The predicted molar refractivity (Wildman–Crippen MR) is 72.3 cm³/mol. The summed E-state index contributed by atoms with van der Waals surface area (Å²) in [5.41, 5.74) is 1.34. The number of aryl methyl sites for hydroxylation is 1. The molecule has 1 aromatic rings. The van der Waals surface area contributed by atoms with E-state index >= 15 is 0 Å². The third-order valence-corrected chi connectivity index (χ3v) is 4.59. The topological polar surface area (TPSA) is 33.1 Å². The van der Waals surface area contributed by atoms with Crippen molar-refractivity contribution in [3.05, 3.63) is 18.0 Å². The number of fused-ring (bicyclic) bond motifs is 2. The van der Waals surface area contributed by atoms with Crippen LogP contribution in [0.5, 0.6) is 0 Å². The Hall–Kier alpha value is -0.870. The van der Waals surface area contributed by atoms with Gasteiger partial charge in [-0.3, -0.25) is 9.58 Å². The molecule has 100 valence electrons. The maximum Gasteiger partial charge on any atom is 0.0524 e. The van der Waals surface area contributed by atoms with E-state index < -0.39 is 0 Å². The van der Waals surface area contributed by atoms with Crippen LogP contribution >= 0.6 is 0 Å². The molecule has 0 saturated carbocycles. The lowest BCUT2D eigenvalue weighted by atomic mass is 9.98. The second kappa shape index (κ2) is 5.02. The molecule has 0 spiro atoms. The first kappa shape index (κ1) is 12.2. The smallest absolute Gasteiger partial charge is 0.0524 e. The fourth-order valence-corrected chi connectivity index (χ4v) is 3.55. The second-order valence-corrected chi connectivity index (χ2v) is 5.82. The summed E-state index contributed by atoms with van der Waals surface area (Å²) in [4.78, 5) is 2.52. The van der Waals surface area contributed by atoms with E-state index in [4.69, 9.17) is 0 Å². The molecule has 4 heteroatoms. The Labute approximate surface area is 109 Å². The van der Waals surface area contributed by atoms with Gasteiger partial charge in [-0.2, -0.15) is 5.10 Å². The molecule has 0 radical (unpaired) electrons. The number of nitrogens with one attached hydrogen (secondary N) is 1. The minimum absolute atomic E-state index is 0.740. The van der Waals surface area contributed by atoms with Crippen LogP contribution in [0.2, 0.25) is 0 Å². The zero-order valence-corrected chi connectivity index (χ0v) is 11.5. The molecule has 0 aromatic carbocycles. The van der Waals surface area contributed by atoms with Crippen LogP contribution in [-0.2, 0) is 13.1 Å². The number of hydrogen-bond donors (Lipinski definition) is 1. The number of hydrogen-bond acceptors (Lipinski definition) is 3. The predicted octanol–water partition coefficient (Wildman–Crippen LogP) is 1.62. The Morgan fingerprint density at radius 1 is 1.39 bits per heavy atom. The maximum absolute atomic E-state index is 4.35. The summed E-state index contributed by atoms with van der Waals surface area (Å²) in [5, 5.41) is 8.07. The lowest BCUT2D eigenvalue weighted by molar-refractivity contribution is 0.162. The summed E-state index contributed by atoms with van der Waals surface area (Å²) in [6, 6.07) is 4.43. The van der Waals surface area contributed by atoms with Gasteiger partial charge in [0.15, 0.2) is 0 Å². The molecule has 2 unspecified atom stereocenters. The molecule has 2 atom stereocenters. The van der Waals surface area contributed by atoms with E-state index in [1.54, 1.807) is 0 Å². The Kier molecular flexibility index (Phi) is 3.39. The van der Waals surface area contributed by atoms with Crippen LogP contribution in [0.3, 0.4) is 0 Å². The fraction of sp³-hybridized carbons (Fsp3) is 0.786. The third-order valence-electron chi connectivity index (χ3n) is 4.59. The number of nitrogens with zero attached hydrogens (tertiary/aromatic N) is 3. The molecule has 3 rings (SSSR count). The van der Waals surface area contributed by atoms with E-state index in [0.717, 1.165) is 31.2 Å². The first-order chi connectivity index (χ1) is 8.76. The average molecular weight is 248 g/mol. The summed E-state index contributed by atoms with van der Waals surface area (Å²) in [6.45, 7) is 4.15. The molecule has 1 aromatic heterocycles. The summed E-state index contributed by atoms with van der Waals surface area (Å²) in [6.07, 6.45) is 7.29. The van der Waals surface area contributed by atoms with Gasteiger partial charge >= 0.3 is 0 Å². The van der Waals surface area contributed by atoms with Crippen molar-refractivity contribution in [2.24, 2.45) is 0 Å². The number of aromatic nitrogens is 2. The van der Waals surface area contributed by atoms with E-state index in [2.05, 4.69) is 40.0 Å². The second-order valence-electron chi connectivity index (χ2n) is 5.82. The van der Waals surface area contributed by atoms with Crippen LogP contribution in [-0.4, -0.2) is 39.9 Å². The van der Waals surface area contributed by atoms with Crippen molar-refractivity contribution in [1.82, 2.24) is 20.0 Å². The number of rotatable bonds is 4. The standard InChI is InChI=1S/C14H24N4/c1-3-18-13(6-7-15-18)10-17(2)14-8-11-4-5-12(9-14)16-11/h6-7,11-12,14,16H,3-5,8-10H2,1-2H3. The van der Waals surface area contributed by atoms with Gasteiger partial charge in [0, 0.05) is 37.4 Å². The summed E-state index contributed by atoms with van der Waals surface area (Å²) in [5.74, 6) is 0. The Morgan fingerprint density at radius 2 is 2.11 bits per heavy atom. The average Bonchev–Trinajstić information content (AvgIpc) is 2.95. The highest BCUT2D eigenvalue weighted by molar-refractivity contribution is 5.02. The molecule has 2 fully saturated rings. The van der Waals surface area contributed by atoms with Crippen LogP contribution in [0.15, 0.2) is 12.3 Å². The van der Waals surface area contributed by atoms with Crippen molar-refractivity contribution in [3.8, 4) is 0 Å². The lowest BCUT2D eigenvalue weighted by Crippen LogP contribution is -2.46. The lowest BCUT2D eigenvalue weighted by Gasteiger charge is -2.35. The molecular weight excluding hydrogens is 224 g/mol. The highest BCUT2D eigenvalue weighted by Gasteiger charge is 2.35. The Bertz CT molecular complexity index is 388. The van der Waals surface area contributed by atoms with Gasteiger partial charge in [0.05, 0.1) is 5.69 Å². The van der Waals surface area contributed by atoms with Crippen LogP contribution in [0.1, 0.15) is 38.3 Å². The summed E-state index contributed by atoms with van der Waals surface area (Å²) >= 11 is 0. The zero-order valence-electron chi connectivity index (χ0n) is 11.5. The van der Waals surface area contributed by atoms with Gasteiger partial charge in [0.25, 0.3) is 0 Å². The van der Waals surface area contributed by atoms with Crippen molar-refractivity contribution < 1.29 is 0 Å². The van der Waals surface area contributed by atoms with E-state index in [1.165, 1.54) is 31.4 Å². The van der Waals surface area contributed by atoms with Crippen molar-refractivity contribution in [3.63, 3.8) is 0 Å². The molecule has 0 aliphatic carbocycles. The molecule has 2 aliphatic heterocycles. The quantitative estimate of drug-likeness (QED) is 0.879. The molecule has 2 bridgehead atoms. The number of piperidine rings is 1. The van der Waals surface area contributed by atoms with Crippen LogP contribution in [0, 0.1) is 0 Å². The first-order valence-electron chi connectivity index (χ1n) is 7.23. The van der Waals surface area contributed by atoms with Gasteiger partial charge in [-0.1, -0.05) is 0 Å². The molecule has 0 amide bonds. The van der Waals surface area contributed by atoms with Gasteiger partial charge < -0.3 is 5.32 Å². The van der Waals surface area contributed by atoms with Crippen molar-refractivity contribution in [1.29, 1.82) is 0 Å². The Morgan fingerprint density at radius 3 is 2.78 bits per heavy atom. The van der Waals surface area contributed by atoms with Gasteiger partial charge in [0.1, 0.15) is 0 Å². The highest BCUT2D eigenvalue weighted by Crippen LogP contribution is 2.29. The van der Waals surface area contributed by atoms with E-state index in [-0.39, 0.29) is 0 Å². The van der Waals surface area contributed by atoms with Crippen molar-refractivity contribution in [2.45, 2.75) is 63.8 Å². The molecule has 18 heavy (non-hydrogen) atoms. The monoisotopic (exact) mass is 248 g/mol. The van der Waals surface area contributed by atoms with E-state index in [0.29, 0.717) is 0 Å². The van der Waals surface area contributed by atoms with Crippen molar-refractivity contribution >= 4 is 0 Å². The van der Waals surface area contributed by atoms with Gasteiger partial charge in [-0.05, 0) is 45.7 Å². The van der Waals surface area contributed by atoms with Crippen LogP contribution in [0.4, 0.5) is 0 Å². The van der Waals surface area contributed by atoms with Gasteiger partial charge in [-0.25, -0.2) is 0 Å². The molecular formula is C14H24N4. The van der Waals surface area contributed by atoms with Gasteiger partial charge in [0.2, 0.25) is 0 Å². The van der Waals surface area contributed by atoms with E-state index in [1.807, 2.05) is 6.20 Å².